The van der Waals surface area contributed by atoms with Gasteiger partial charge in [-0.15, -0.1) is 0 Å². The van der Waals surface area contributed by atoms with Gasteiger partial charge in [0.2, 0.25) is 0 Å². The van der Waals surface area contributed by atoms with Crippen LogP contribution in [0.4, 0.5) is 0 Å². The van der Waals surface area contributed by atoms with E-state index in [-0.39, 0.29) is 6.04 Å². The van der Waals surface area contributed by atoms with E-state index in [0.717, 1.165) is 10.9 Å². The van der Waals surface area contributed by atoms with Gasteiger partial charge in [-0.3, -0.25) is 0 Å². The Morgan fingerprint density at radius 1 is 1.26 bits per heavy atom. The Morgan fingerprint density at radius 2 is 2.05 bits per heavy atom. The molecule has 2 unspecified atom stereocenters. The van der Waals surface area contributed by atoms with Crippen LogP contribution in [0.2, 0.25) is 0 Å². The van der Waals surface area contributed by atoms with Crippen LogP contribution in [0.3, 0.4) is 0 Å². The van der Waals surface area contributed by atoms with Crippen LogP contribution in [-0.4, -0.2) is 0 Å². The molecule has 98 valence electrons. The summed E-state index contributed by atoms with van der Waals surface area (Å²) in [5.41, 5.74) is 11.9. The zero-order valence-corrected chi connectivity index (χ0v) is 12.7. The first kappa shape index (κ1) is 12.9. The molecule has 0 radical (unpaired) electrons. The van der Waals surface area contributed by atoms with E-state index in [0.29, 0.717) is 5.92 Å². The Hall–Kier alpha value is -1.12. The first-order valence-electron chi connectivity index (χ1n) is 6.74. The van der Waals surface area contributed by atoms with E-state index in [4.69, 9.17) is 5.73 Å². The fourth-order valence-corrected chi connectivity index (χ4v) is 3.40. The number of aryl methyl sites for hydroxylation is 1. The molecule has 2 heteroatoms. The van der Waals surface area contributed by atoms with E-state index < -0.39 is 0 Å². The first-order valence-corrected chi connectivity index (χ1v) is 7.54. The predicted molar refractivity (Wildman–Crippen MR) is 83.3 cm³/mol. The van der Waals surface area contributed by atoms with Crippen molar-refractivity contribution in [3.05, 3.63) is 69.2 Å². The summed E-state index contributed by atoms with van der Waals surface area (Å²) in [5.74, 6) is 0.629. The summed E-state index contributed by atoms with van der Waals surface area (Å²) in [6, 6.07) is 15.2. The number of rotatable bonds is 3. The van der Waals surface area contributed by atoms with Crippen molar-refractivity contribution in [2.24, 2.45) is 5.73 Å². The number of hydrogen-bond donors (Lipinski definition) is 1. The smallest absolute Gasteiger partial charge is 0.0303 e. The van der Waals surface area contributed by atoms with Crippen LogP contribution < -0.4 is 5.73 Å². The van der Waals surface area contributed by atoms with Crippen LogP contribution in [0.1, 0.15) is 40.6 Å². The third-order valence-electron chi connectivity index (χ3n) is 4.14. The molecule has 0 spiro atoms. The third kappa shape index (κ3) is 2.47. The number of hydrogen-bond acceptors (Lipinski definition) is 1. The molecule has 0 aliphatic heterocycles. The topological polar surface area (TPSA) is 26.0 Å². The van der Waals surface area contributed by atoms with Crippen molar-refractivity contribution in [1.29, 1.82) is 0 Å². The van der Waals surface area contributed by atoms with Crippen LogP contribution in [0, 0.1) is 6.92 Å². The van der Waals surface area contributed by atoms with Crippen LogP contribution in [0.25, 0.3) is 0 Å². The van der Waals surface area contributed by atoms with E-state index in [1.54, 1.807) is 0 Å². The molecule has 1 aliphatic rings. The Balaban J connectivity index is 1.76. The van der Waals surface area contributed by atoms with E-state index in [1.807, 2.05) is 0 Å². The summed E-state index contributed by atoms with van der Waals surface area (Å²) in [6.45, 7) is 2.14. The fraction of sp³-hybridized carbons (Fsp3) is 0.294. The van der Waals surface area contributed by atoms with E-state index >= 15 is 0 Å². The normalized spacial score (nSPS) is 18.6. The van der Waals surface area contributed by atoms with Crippen molar-refractivity contribution in [3.8, 4) is 0 Å². The Morgan fingerprint density at radius 3 is 2.84 bits per heavy atom. The molecule has 0 amide bonds. The molecule has 0 heterocycles. The minimum atomic E-state index is 0.121. The van der Waals surface area contributed by atoms with Crippen molar-refractivity contribution >= 4 is 15.9 Å². The van der Waals surface area contributed by atoms with Gasteiger partial charge in [0.1, 0.15) is 0 Å². The van der Waals surface area contributed by atoms with Gasteiger partial charge in [-0.2, -0.15) is 0 Å². The zero-order chi connectivity index (χ0) is 13.4. The van der Waals surface area contributed by atoms with Gasteiger partial charge < -0.3 is 5.73 Å². The molecule has 0 bridgehead atoms. The molecule has 3 rings (SSSR count). The highest BCUT2D eigenvalue weighted by Crippen LogP contribution is 2.40. The van der Waals surface area contributed by atoms with Crippen LogP contribution >= 0.6 is 15.9 Å². The lowest BCUT2D eigenvalue weighted by molar-refractivity contribution is 0.497. The largest absolute Gasteiger partial charge is 0.324 e. The Labute approximate surface area is 123 Å². The van der Waals surface area contributed by atoms with Crippen LogP contribution in [0.15, 0.2) is 46.9 Å². The maximum atomic E-state index is 6.41. The Bertz CT molecular complexity index is 606. The lowest BCUT2D eigenvalue weighted by atomic mass is 9.73. The first-order chi connectivity index (χ1) is 9.15. The molecule has 0 saturated carbocycles. The predicted octanol–water partition coefficient (Wildman–Crippen LogP) is 4.49. The lowest BCUT2D eigenvalue weighted by Crippen LogP contribution is -2.23. The summed E-state index contributed by atoms with van der Waals surface area (Å²) in [4.78, 5) is 0. The van der Waals surface area contributed by atoms with Gasteiger partial charge in [-0.05, 0) is 60.1 Å². The summed E-state index contributed by atoms with van der Waals surface area (Å²) in [5, 5.41) is 0. The average Bonchev–Trinajstić information content (AvgIpc) is 2.38. The van der Waals surface area contributed by atoms with Gasteiger partial charge in [-0.25, -0.2) is 0 Å². The highest BCUT2D eigenvalue weighted by atomic mass is 79.9. The second-order valence-corrected chi connectivity index (χ2v) is 6.36. The second-order valence-electron chi connectivity index (χ2n) is 5.44. The van der Waals surface area contributed by atoms with Gasteiger partial charge in [0.25, 0.3) is 0 Å². The third-order valence-corrected chi connectivity index (χ3v) is 4.63. The average molecular weight is 316 g/mol. The van der Waals surface area contributed by atoms with Gasteiger partial charge in [-0.1, -0.05) is 46.3 Å². The molecule has 0 aromatic heterocycles. The van der Waals surface area contributed by atoms with Crippen molar-refractivity contribution in [2.45, 2.75) is 31.7 Å². The maximum absolute atomic E-state index is 6.41. The molecule has 2 aromatic rings. The molecular weight excluding hydrogens is 298 g/mol. The minimum absolute atomic E-state index is 0.121. The quantitative estimate of drug-likeness (QED) is 0.887. The van der Waals surface area contributed by atoms with Crippen LogP contribution in [-0.2, 0) is 6.42 Å². The SMILES string of the molecule is Cc1ccc(Br)cc1C(N)CC1Cc2ccccc21. The summed E-state index contributed by atoms with van der Waals surface area (Å²) in [7, 11) is 0. The standard InChI is InChI=1S/C17H18BrN/c1-11-6-7-14(18)10-16(11)17(19)9-13-8-12-4-2-3-5-15(12)13/h2-7,10,13,17H,8-9,19H2,1H3. The molecule has 0 saturated heterocycles. The van der Waals surface area contributed by atoms with Crippen molar-refractivity contribution in [2.75, 3.05) is 0 Å². The summed E-state index contributed by atoms with van der Waals surface area (Å²) < 4.78 is 1.11. The number of nitrogens with two attached hydrogens (primary N) is 1. The highest BCUT2D eigenvalue weighted by Gasteiger charge is 2.27. The summed E-state index contributed by atoms with van der Waals surface area (Å²) >= 11 is 3.53. The maximum Gasteiger partial charge on any atom is 0.0303 e. The monoisotopic (exact) mass is 315 g/mol. The second kappa shape index (κ2) is 5.10. The van der Waals surface area contributed by atoms with Gasteiger partial charge in [0.05, 0.1) is 0 Å². The van der Waals surface area contributed by atoms with E-state index in [1.165, 1.54) is 28.7 Å². The molecule has 0 fully saturated rings. The van der Waals surface area contributed by atoms with Crippen LogP contribution in [0.5, 0.6) is 0 Å². The molecule has 1 nitrogen and oxygen atoms in total. The van der Waals surface area contributed by atoms with Crippen molar-refractivity contribution < 1.29 is 0 Å². The van der Waals surface area contributed by atoms with Gasteiger partial charge in [0.15, 0.2) is 0 Å². The number of fused-ring (bicyclic) bond motifs is 1. The van der Waals surface area contributed by atoms with Crippen molar-refractivity contribution in [1.82, 2.24) is 0 Å². The fourth-order valence-electron chi connectivity index (χ4n) is 3.02. The molecular formula is C17H18BrN. The zero-order valence-electron chi connectivity index (χ0n) is 11.1. The molecule has 1 aliphatic carbocycles. The van der Waals surface area contributed by atoms with Gasteiger partial charge >= 0.3 is 0 Å². The molecule has 2 atom stereocenters. The van der Waals surface area contributed by atoms with Gasteiger partial charge in [0, 0.05) is 10.5 Å². The summed E-state index contributed by atoms with van der Waals surface area (Å²) in [6.07, 6.45) is 2.21. The highest BCUT2D eigenvalue weighted by molar-refractivity contribution is 9.10. The molecule has 19 heavy (non-hydrogen) atoms. The van der Waals surface area contributed by atoms with Crippen molar-refractivity contribution in [3.63, 3.8) is 0 Å². The molecule has 2 N–H and O–H groups in total. The minimum Gasteiger partial charge on any atom is -0.324 e. The lowest BCUT2D eigenvalue weighted by Gasteiger charge is -2.32. The van der Waals surface area contributed by atoms with E-state index in [9.17, 15) is 0 Å². The number of halogens is 1. The Kier molecular flexibility index (Phi) is 3.46. The number of benzene rings is 2. The van der Waals surface area contributed by atoms with E-state index in [2.05, 4.69) is 65.3 Å². The molecule has 2 aromatic carbocycles.